The molecule has 0 aliphatic carbocycles. The third-order valence-electron chi connectivity index (χ3n) is 5.33. The van der Waals surface area contributed by atoms with Crippen molar-refractivity contribution < 1.29 is 9.53 Å². The van der Waals surface area contributed by atoms with Crippen LogP contribution in [0.4, 0.5) is 0 Å². The summed E-state index contributed by atoms with van der Waals surface area (Å²) in [4.78, 5) is 12.9. The Morgan fingerprint density at radius 2 is 1.77 bits per heavy atom. The molecule has 0 saturated heterocycles. The summed E-state index contributed by atoms with van der Waals surface area (Å²) in [5.41, 5.74) is 6.28. The Balaban J connectivity index is 1.66. The molecule has 152 valence electrons. The number of fused-ring (bicyclic) bond motifs is 1. The molecule has 4 nitrogen and oxygen atoms in total. The van der Waals surface area contributed by atoms with E-state index in [1.165, 1.54) is 0 Å². The third-order valence-corrected chi connectivity index (χ3v) is 5.56. The van der Waals surface area contributed by atoms with Gasteiger partial charge >= 0.3 is 0 Å². The van der Waals surface area contributed by atoms with Crippen molar-refractivity contribution in [3.8, 4) is 22.7 Å². The van der Waals surface area contributed by atoms with Gasteiger partial charge < -0.3 is 4.74 Å². The number of para-hydroxylation sites is 1. The Hall–Kier alpha value is -3.63. The zero-order valence-electron chi connectivity index (χ0n) is 17.1. The topological polar surface area (TPSA) is 44.1 Å². The molecule has 31 heavy (non-hydrogen) atoms. The highest BCUT2D eigenvalue weighted by atomic mass is 35.5. The van der Waals surface area contributed by atoms with Gasteiger partial charge in [0.2, 0.25) is 5.78 Å². The zero-order chi connectivity index (χ0) is 21.5. The molecule has 0 unspecified atom stereocenters. The number of carbonyl (C=O) groups is 1. The summed E-state index contributed by atoms with van der Waals surface area (Å²) in [6, 6.07) is 21.2. The number of carbonyl (C=O) groups excluding carboxylic acids is 1. The highest BCUT2D eigenvalue weighted by molar-refractivity contribution is 6.31. The van der Waals surface area contributed by atoms with Gasteiger partial charge in [0.15, 0.2) is 5.76 Å². The number of allylic oxidation sites excluding steroid dienone is 1. The van der Waals surface area contributed by atoms with E-state index in [0.717, 1.165) is 33.6 Å². The van der Waals surface area contributed by atoms with Gasteiger partial charge in [-0.3, -0.25) is 4.79 Å². The molecule has 5 rings (SSSR count). The molecular weight excluding hydrogens is 408 g/mol. The Morgan fingerprint density at radius 3 is 2.58 bits per heavy atom. The summed E-state index contributed by atoms with van der Waals surface area (Å²) < 4.78 is 7.68. The van der Waals surface area contributed by atoms with Crippen LogP contribution in [0, 0.1) is 13.8 Å². The van der Waals surface area contributed by atoms with Crippen molar-refractivity contribution in [1.29, 1.82) is 0 Å². The molecule has 1 aromatic heterocycles. The van der Waals surface area contributed by atoms with Crippen molar-refractivity contribution in [1.82, 2.24) is 9.78 Å². The lowest BCUT2D eigenvalue weighted by molar-refractivity contribution is 0.101. The summed E-state index contributed by atoms with van der Waals surface area (Å²) in [7, 11) is 0. The third kappa shape index (κ3) is 3.56. The molecule has 5 heteroatoms. The maximum Gasteiger partial charge on any atom is 0.232 e. The van der Waals surface area contributed by atoms with Crippen LogP contribution < -0.4 is 4.74 Å². The number of ether oxygens (including phenoxy) is 1. The molecule has 0 fully saturated rings. The Morgan fingerprint density at radius 1 is 0.968 bits per heavy atom. The van der Waals surface area contributed by atoms with Gasteiger partial charge in [0.1, 0.15) is 11.4 Å². The van der Waals surface area contributed by atoms with Crippen molar-refractivity contribution in [2.75, 3.05) is 0 Å². The van der Waals surface area contributed by atoms with Crippen LogP contribution in [0.2, 0.25) is 5.02 Å². The molecule has 0 saturated carbocycles. The minimum Gasteiger partial charge on any atom is -0.452 e. The summed E-state index contributed by atoms with van der Waals surface area (Å²) in [6.07, 6.45) is 3.69. The van der Waals surface area contributed by atoms with E-state index in [-0.39, 0.29) is 11.5 Å². The van der Waals surface area contributed by atoms with Crippen LogP contribution in [-0.4, -0.2) is 15.6 Å². The first-order valence-electron chi connectivity index (χ1n) is 9.96. The number of benzene rings is 3. The maximum absolute atomic E-state index is 12.9. The first kappa shape index (κ1) is 19.3. The fourth-order valence-corrected chi connectivity index (χ4v) is 3.88. The molecule has 0 spiro atoms. The van der Waals surface area contributed by atoms with Crippen LogP contribution in [-0.2, 0) is 0 Å². The predicted molar refractivity (Wildman–Crippen MR) is 123 cm³/mol. The standard InChI is InChI=1S/C26H19ClN2O2/c1-16-8-9-17(2)21(12-16)25-18(15-29(28-25)20-6-4-3-5-7-20)13-24-26(30)22-14-19(27)10-11-23(22)31-24/h3-15H,1-2H3/b24-13-. The molecule has 1 aliphatic heterocycles. The lowest BCUT2D eigenvalue weighted by Gasteiger charge is -2.06. The van der Waals surface area contributed by atoms with Crippen LogP contribution >= 0.6 is 11.6 Å². The van der Waals surface area contributed by atoms with Gasteiger partial charge in [-0.1, -0.05) is 47.5 Å². The average molecular weight is 427 g/mol. The molecule has 0 radical (unpaired) electrons. The smallest absolute Gasteiger partial charge is 0.232 e. The molecule has 0 atom stereocenters. The van der Waals surface area contributed by atoms with Crippen molar-refractivity contribution >= 4 is 23.5 Å². The highest BCUT2D eigenvalue weighted by Crippen LogP contribution is 2.35. The van der Waals surface area contributed by atoms with Crippen LogP contribution in [0.3, 0.4) is 0 Å². The zero-order valence-corrected chi connectivity index (χ0v) is 17.9. The number of aromatic nitrogens is 2. The Labute approximate surface area is 185 Å². The van der Waals surface area contributed by atoms with Gasteiger partial charge in [-0.25, -0.2) is 4.68 Å². The minimum atomic E-state index is -0.183. The number of aryl methyl sites for hydroxylation is 2. The maximum atomic E-state index is 12.9. The molecule has 0 amide bonds. The molecular formula is C26H19ClN2O2. The fourth-order valence-electron chi connectivity index (χ4n) is 3.71. The van der Waals surface area contributed by atoms with Crippen LogP contribution in [0.1, 0.15) is 27.0 Å². The highest BCUT2D eigenvalue weighted by Gasteiger charge is 2.28. The average Bonchev–Trinajstić information content (AvgIpc) is 3.32. The second-order valence-electron chi connectivity index (χ2n) is 7.61. The SMILES string of the molecule is Cc1ccc(C)c(-c2nn(-c3ccccc3)cc2/C=C2\Oc3ccc(Cl)cc3C2=O)c1. The largest absolute Gasteiger partial charge is 0.452 e. The normalized spacial score (nSPS) is 14.0. The molecule has 0 bridgehead atoms. The monoisotopic (exact) mass is 426 g/mol. The number of rotatable bonds is 3. The fraction of sp³-hybridized carbons (Fsp3) is 0.0769. The van der Waals surface area contributed by atoms with Gasteiger partial charge in [0.25, 0.3) is 0 Å². The number of Topliss-reactive ketones (excluding diaryl/α,β-unsaturated/α-hetero) is 1. The van der Waals surface area contributed by atoms with Crippen LogP contribution in [0.5, 0.6) is 5.75 Å². The lowest BCUT2D eigenvalue weighted by atomic mass is 10.00. The minimum absolute atomic E-state index is 0.183. The quantitative estimate of drug-likeness (QED) is 0.355. The molecule has 4 aromatic rings. The van der Waals surface area contributed by atoms with Gasteiger partial charge in [0.05, 0.1) is 11.3 Å². The van der Waals surface area contributed by atoms with Crippen molar-refractivity contribution in [2.24, 2.45) is 0 Å². The van der Waals surface area contributed by atoms with Gasteiger partial charge in [-0.2, -0.15) is 5.10 Å². The van der Waals surface area contributed by atoms with E-state index in [9.17, 15) is 4.79 Å². The Kier molecular flexibility index (Phi) is 4.72. The van der Waals surface area contributed by atoms with E-state index in [1.54, 1.807) is 24.3 Å². The molecule has 2 heterocycles. The number of hydrogen-bond donors (Lipinski definition) is 0. The number of ketones is 1. The van der Waals surface area contributed by atoms with Gasteiger partial charge in [-0.05, 0) is 61.9 Å². The van der Waals surface area contributed by atoms with E-state index >= 15 is 0 Å². The van der Waals surface area contributed by atoms with E-state index in [1.807, 2.05) is 41.2 Å². The molecule has 0 N–H and O–H groups in total. The Bertz CT molecular complexity index is 1350. The summed E-state index contributed by atoms with van der Waals surface area (Å²) >= 11 is 6.06. The molecule has 1 aliphatic rings. The van der Waals surface area contributed by atoms with E-state index in [0.29, 0.717) is 16.3 Å². The van der Waals surface area contributed by atoms with Crippen LogP contribution in [0.25, 0.3) is 23.0 Å². The van der Waals surface area contributed by atoms with Gasteiger partial charge in [-0.15, -0.1) is 0 Å². The van der Waals surface area contributed by atoms with Crippen LogP contribution in [0.15, 0.2) is 78.7 Å². The van der Waals surface area contributed by atoms with E-state index in [4.69, 9.17) is 21.4 Å². The summed E-state index contributed by atoms with van der Waals surface area (Å²) in [5.74, 6) is 0.595. The molecule has 3 aromatic carbocycles. The second kappa shape index (κ2) is 7.56. The lowest BCUT2D eigenvalue weighted by Crippen LogP contribution is -1.98. The summed E-state index contributed by atoms with van der Waals surface area (Å²) in [5, 5.41) is 5.37. The van der Waals surface area contributed by atoms with Crippen molar-refractivity contribution in [3.63, 3.8) is 0 Å². The van der Waals surface area contributed by atoms with Crippen molar-refractivity contribution in [2.45, 2.75) is 13.8 Å². The van der Waals surface area contributed by atoms with Crippen molar-refractivity contribution in [3.05, 3.63) is 106 Å². The van der Waals surface area contributed by atoms with E-state index in [2.05, 4.69) is 32.0 Å². The van der Waals surface area contributed by atoms with Gasteiger partial charge in [0, 0.05) is 22.3 Å². The number of nitrogens with zero attached hydrogens (tertiary/aromatic N) is 2. The number of hydrogen-bond acceptors (Lipinski definition) is 3. The van der Waals surface area contributed by atoms with E-state index < -0.39 is 0 Å². The second-order valence-corrected chi connectivity index (χ2v) is 8.05. The first-order valence-corrected chi connectivity index (χ1v) is 10.3. The predicted octanol–water partition coefficient (Wildman–Crippen LogP) is 6.43. The number of halogens is 1. The first-order chi connectivity index (χ1) is 15.0. The summed E-state index contributed by atoms with van der Waals surface area (Å²) in [6.45, 7) is 4.11.